The topological polar surface area (TPSA) is 56.3 Å². The molecule has 0 aliphatic heterocycles. The minimum atomic E-state index is -3.25. The van der Waals surface area contributed by atoms with E-state index in [0.717, 1.165) is 17.4 Å². The third-order valence-corrected chi connectivity index (χ3v) is 3.24. The normalized spacial score (nSPS) is 11.6. The zero-order valence-corrected chi connectivity index (χ0v) is 9.78. The highest BCUT2D eigenvalue weighted by molar-refractivity contribution is 7.90. The molecular weight excluding hydrogens is 226 g/mol. The predicted octanol–water partition coefficient (Wildman–Crippen LogP) is 1.65. The lowest BCUT2D eigenvalue weighted by molar-refractivity contribution is 0.415. The summed E-state index contributed by atoms with van der Waals surface area (Å²) < 4.78 is 27.7. The summed E-state index contributed by atoms with van der Waals surface area (Å²) in [7, 11) is -1.67. The Bertz CT molecular complexity index is 635. The predicted molar refractivity (Wildman–Crippen MR) is 61.4 cm³/mol. The van der Waals surface area contributed by atoms with E-state index < -0.39 is 9.84 Å². The van der Waals surface area contributed by atoms with Gasteiger partial charge < -0.3 is 4.74 Å². The standard InChI is InChI=1S/C11H11NO3S/c1-15-9-4-5-10-8(7-9)3-6-11(12-10)16(2,13)14/h3-7H,1-2H3. The first-order valence-corrected chi connectivity index (χ1v) is 6.55. The van der Waals surface area contributed by atoms with Gasteiger partial charge in [-0.05, 0) is 30.3 Å². The van der Waals surface area contributed by atoms with Gasteiger partial charge in [0.15, 0.2) is 14.9 Å². The number of hydrogen-bond acceptors (Lipinski definition) is 4. The fourth-order valence-electron chi connectivity index (χ4n) is 1.42. The van der Waals surface area contributed by atoms with E-state index in [4.69, 9.17) is 4.74 Å². The van der Waals surface area contributed by atoms with Crippen LogP contribution in [0, 0.1) is 0 Å². The van der Waals surface area contributed by atoms with Crippen molar-refractivity contribution in [3.63, 3.8) is 0 Å². The molecule has 0 aliphatic carbocycles. The van der Waals surface area contributed by atoms with Crippen molar-refractivity contribution >= 4 is 20.7 Å². The molecule has 0 unspecified atom stereocenters. The van der Waals surface area contributed by atoms with Gasteiger partial charge >= 0.3 is 0 Å². The number of nitrogens with zero attached hydrogens (tertiary/aromatic N) is 1. The zero-order valence-electron chi connectivity index (χ0n) is 8.97. The molecule has 0 fully saturated rings. The second kappa shape index (κ2) is 3.75. The molecule has 0 N–H and O–H groups in total. The van der Waals surface area contributed by atoms with Crippen LogP contribution in [-0.2, 0) is 9.84 Å². The first-order chi connectivity index (χ1) is 7.50. The van der Waals surface area contributed by atoms with Gasteiger partial charge in [0.2, 0.25) is 0 Å². The van der Waals surface area contributed by atoms with Crippen molar-refractivity contribution in [2.24, 2.45) is 0 Å². The van der Waals surface area contributed by atoms with Crippen LogP contribution in [0.4, 0.5) is 0 Å². The summed E-state index contributed by atoms with van der Waals surface area (Å²) in [4.78, 5) is 4.08. The van der Waals surface area contributed by atoms with Crippen molar-refractivity contribution in [3.05, 3.63) is 30.3 Å². The highest BCUT2D eigenvalue weighted by Crippen LogP contribution is 2.20. The molecule has 1 heterocycles. The molecule has 1 aromatic heterocycles. The first kappa shape index (κ1) is 10.9. The maximum atomic E-state index is 11.3. The Balaban J connectivity index is 2.65. The molecule has 2 rings (SSSR count). The van der Waals surface area contributed by atoms with Gasteiger partial charge in [0.05, 0.1) is 12.6 Å². The molecule has 0 saturated heterocycles. The minimum Gasteiger partial charge on any atom is -0.497 e. The molecule has 2 aromatic rings. The summed E-state index contributed by atoms with van der Waals surface area (Å²) in [5, 5.41) is 0.942. The van der Waals surface area contributed by atoms with E-state index in [1.165, 1.54) is 6.07 Å². The molecule has 0 amide bonds. The molecule has 0 radical (unpaired) electrons. The van der Waals surface area contributed by atoms with Crippen LogP contribution in [0.25, 0.3) is 10.9 Å². The molecule has 0 saturated carbocycles. The molecule has 0 spiro atoms. The van der Waals surface area contributed by atoms with Gasteiger partial charge in [-0.1, -0.05) is 0 Å². The van der Waals surface area contributed by atoms with Crippen LogP contribution in [0.3, 0.4) is 0 Å². The Morgan fingerprint density at radius 1 is 1.19 bits per heavy atom. The number of methoxy groups -OCH3 is 1. The Morgan fingerprint density at radius 2 is 1.94 bits per heavy atom. The maximum Gasteiger partial charge on any atom is 0.192 e. The molecule has 0 bridgehead atoms. The van der Waals surface area contributed by atoms with Crippen LogP contribution in [0.5, 0.6) is 5.75 Å². The fraction of sp³-hybridized carbons (Fsp3) is 0.182. The smallest absolute Gasteiger partial charge is 0.192 e. The summed E-state index contributed by atoms with van der Waals surface area (Å²) in [6, 6.07) is 8.52. The highest BCUT2D eigenvalue weighted by atomic mass is 32.2. The van der Waals surface area contributed by atoms with Crippen LogP contribution in [-0.4, -0.2) is 26.8 Å². The quantitative estimate of drug-likeness (QED) is 0.796. The number of aromatic nitrogens is 1. The molecule has 16 heavy (non-hydrogen) atoms. The van der Waals surface area contributed by atoms with Gasteiger partial charge in [-0.2, -0.15) is 0 Å². The number of benzene rings is 1. The lowest BCUT2D eigenvalue weighted by Gasteiger charge is -2.03. The number of fused-ring (bicyclic) bond motifs is 1. The van der Waals surface area contributed by atoms with E-state index in [-0.39, 0.29) is 5.03 Å². The summed E-state index contributed by atoms with van der Waals surface area (Å²) in [6.07, 6.45) is 1.14. The van der Waals surface area contributed by atoms with Crippen LogP contribution >= 0.6 is 0 Å². The van der Waals surface area contributed by atoms with E-state index in [1.54, 1.807) is 25.3 Å². The van der Waals surface area contributed by atoms with E-state index in [0.29, 0.717) is 5.52 Å². The maximum absolute atomic E-state index is 11.3. The minimum absolute atomic E-state index is 0.0881. The van der Waals surface area contributed by atoms with Gasteiger partial charge in [0.25, 0.3) is 0 Å². The summed E-state index contributed by atoms with van der Waals surface area (Å²) >= 11 is 0. The second-order valence-corrected chi connectivity index (χ2v) is 5.44. The van der Waals surface area contributed by atoms with Gasteiger partial charge in [-0.3, -0.25) is 0 Å². The third-order valence-electron chi connectivity index (χ3n) is 2.25. The van der Waals surface area contributed by atoms with E-state index in [9.17, 15) is 8.42 Å². The van der Waals surface area contributed by atoms with Crippen molar-refractivity contribution in [2.75, 3.05) is 13.4 Å². The average Bonchev–Trinajstić information content (AvgIpc) is 2.26. The lowest BCUT2D eigenvalue weighted by Crippen LogP contribution is -2.00. The largest absolute Gasteiger partial charge is 0.497 e. The fourth-order valence-corrected chi connectivity index (χ4v) is 2.00. The molecule has 4 nitrogen and oxygen atoms in total. The third kappa shape index (κ3) is 1.99. The number of sulfone groups is 1. The molecule has 0 atom stereocenters. The summed E-state index contributed by atoms with van der Waals surface area (Å²) in [6.45, 7) is 0. The lowest BCUT2D eigenvalue weighted by atomic mass is 10.2. The average molecular weight is 237 g/mol. The van der Waals surface area contributed by atoms with Crippen LogP contribution in [0.1, 0.15) is 0 Å². The van der Waals surface area contributed by atoms with Crippen LogP contribution in [0.2, 0.25) is 0 Å². The monoisotopic (exact) mass is 237 g/mol. The number of rotatable bonds is 2. The van der Waals surface area contributed by atoms with Crippen molar-refractivity contribution in [3.8, 4) is 5.75 Å². The zero-order chi connectivity index (χ0) is 11.8. The van der Waals surface area contributed by atoms with Crippen LogP contribution in [0.15, 0.2) is 35.4 Å². The van der Waals surface area contributed by atoms with Crippen LogP contribution < -0.4 is 4.74 Å². The van der Waals surface area contributed by atoms with Crippen molar-refractivity contribution < 1.29 is 13.2 Å². The highest BCUT2D eigenvalue weighted by Gasteiger charge is 2.09. The Morgan fingerprint density at radius 3 is 2.56 bits per heavy atom. The summed E-state index contributed by atoms with van der Waals surface area (Å²) in [5.41, 5.74) is 0.642. The molecule has 84 valence electrons. The molecule has 0 aliphatic rings. The Labute approximate surface area is 93.8 Å². The van der Waals surface area contributed by atoms with Gasteiger partial charge in [0.1, 0.15) is 5.75 Å². The van der Waals surface area contributed by atoms with E-state index in [2.05, 4.69) is 4.98 Å². The molecule has 5 heteroatoms. The first-order valence-electron chi connectivity index (χ1n) is 4.65. The van der Waals surface area contributed by atoms with Crippen molar-refractivity contribution in [1.82, 2.24) is 4.98 Å². The number of ether oxygens (including phenoxy) is 1. The summed E-state index contributed by atoms with van der Waals surface area (Å²) in [5.74, 6) is 0.724. The Kier molecular flexibility index (Phi) is 2.55. The van der Waals surface area contributed by atoms with Crippen molar-refractivity contribution in [1.29, 1.82) is 0 Å². The van der Waals surface area contributed by atoms with E-state index in [1.807, 2.05) is 6.07 Å². The van der Waals surface area contributed by atoms with E-state index >= 15 is 0 Å². The van der Waals surface area contributed by atoms with Gasteiger partial charge in [0, 0.05) is 11.6 Å². The Hall–Kier alpha value is -1.62. The van der Waals surface area contributed by atoms with Gasteiger partial charge in [-0.25, -0.2) is 13.4 Å². The van der Waals surface area contributed by atoms with Crippen molar-refractivity contribution in [2.45, 2.75) is 5.03 Å². The SMILES string of the molecule is COc1ccc2nc(S(C)(=O)=O)ccc2c1. The van der Waals surface area contributed by atoms with Gasteiger partial charge in [-0.15, -0.1) is 0 Å². The second-order valence-electron chi connectivity index (χ2n) is 3.48. The molecular formula is C11H11NO3S. The number of hydrogen-bond donors (Lipinski definition) is 0. The number of pyridine rings is 1. The molecule has 1 aromatic carbocycles.